The first-order valence-corrected chi connectivity index (χ1v) is 8.47. The molecular formula is C18H28ClN3O2. The van der Waals surface area contributed by atoms with Crippen LogP contribution < -0.4 is 16.4 Å². The summed E-state index contributed by atoms with van der Waals surface area (Å²) in [6.07, 6.45) is 3.95. The van der Waals surface area contributed by atoms with E-state index >= 15 is 0 Å². The van der Waals surface area contributed by atoms with Crippen molar-refractivity contribution in [3.63, 3.8) is 0 Å². The summed E-state index contributed by atoms with van der Waals surface area (Å²) in [5, 5.41) is 5.85. The van der Waals surface area contributed by atoms with Crippen molar-refractivity contribution in [3.8, 4) is 0 Å². The molecule has 2 amide bonds. The lowest BCUT2D eigenvalue weighted by molar-refractivity contribution is -0.117. The molecule has 6 heteroatoms. The lowest BCUT2D eigenvalue weighted by atomic mass is 10.1. The van der Waals surface area contributed by atoms with Crippen molar-refractivity contribution in [2.75, 3.05) is 11.9 Å². The Morgan fingerprint density at radius 3 is 2.67 bits per heavy atom. The van der Waals surface area contributed by atoms with Gasteiger partial charge in [0.2, 0.25) is 5.91 Å². The van der Waals surface area contributed by atoms with Gasteiger partial charge in [0.25, 0.3) is 5.91 Å². The molecule has 3 atom stereocenters. The molecule has 134 valence electrons. The molecule has 3 unspecified atom stereocenters. The molecule has 2 rings (SSSR count). The van der Waals surface area contributed by atoms with Crippen molar-refractivity contribution in [2.24, 2.45) is 17.6 Å². The van der Waals surface area contributed by atoms with E-state index in [0.717, 1.165) is 25.7 Å². The van der Waals surface area contributed by atoms with Crippen molar-refractivity contribution < 1.29 is 9.59 Å². The average molecular weight is 354 g/mol. The van der Waals surface area contributed by atoms with Gasteiger partial charge in [-0.05, 0) is 37.0 Å². The Labute approximate surface area is 150 Å². The average Bonchev–Trinajstić information content (AvgIpc) is 3.28. The minimum Gasteiger partial charge on any atom is -0.348 e. The highest BCUT2D eigenvalue weighted by molar-refractivity contribution is 5.98. The van der Waals surface area contributed by atoms with Crippen LogP contribution in [-0.2, 0) is 4.79 Å². The summed E-state index contributed by atoms with van der Waals surface area (Å²) in [7, 11) is 0. The van der Waals surface area contributed by atoms with Gasteiger partial charge in [-0.15, -0.1) is 12.4 Å². The number of carbonyl (C=O) groups is 2. The summed E-state index contributed by atoms with van der Waals surface area (Å²) in [5.41, 5.74) is 6.93. The van der Waals surface area contributed by atoms with Crippen LogP contribution in [0.5, 0.6) is 0 Å². The smallest absolute Gasteiger partial charge is 0.251 e. The number of hydrogen-bond acceptors (Lipinski definition) is 3. The van der Waals surface area contributed by atoms with Gasteiger partial charge >= 0.3 is 0 Å². The van der Waals surface area contributed by atoms with Gasteiger partial charge in [-0.25, -0.2) is 0 Å². The number of anilines is 1. The van der Waals surface area contributed by atoms with Crippen LogP contribution in [-0.4, -0.2) is 24.4 Å². The minimum atomic E-state index is -0.146. The quantitative estimate of drug-likeness (QED) is 0.671. The lowest BCUT2D eigenvalue weighted by Crippen LogP contribution is -2.40. The Balaban J connectivity index is 0.00000288. The molecule has 0 radical (unpaired) electrons. The first-order chi connectivity index (χ1) is 11.0. The fraction of sp³-hybridized carbons (Fsp3) is 0.556. The number of hydrogen-bond donors (Lipinski definition) is 3. The molecule has 24 heavy (non-hydrogen) atoms. The van der Waals surface area contributed by atoms with Crippen LogP contribution >= 0.6 is 12.4 Å². The number of halogens is 1. The number of benzene rings is 1. The summed E-state index contributed by atoms with van der Waals surface area (Å²) in [4.78, 5) is 24.3. The van der Waals surface area contributed by atoms with Crippen molar-refractivity contribution in [2.45, 2.75) is 45.6 Å². The zero-order valence-electron chi connectivity index (χ0n) is 14.4. The van der Waals surface area contributed by atoms with E-state index in [-0.39, 0.29) is 36.2 Å². The number of nitrogens with two attached hydrogens (primary N) is 1. The van der Waals surface area contributed by atoms with E-state index in [9.17, 15) is 9.59 Å². The summed E-state index contributed by atoms with van der Waals surface area (Å²) in [6, 6.07) is 7.04. The van der Waals surface area contributed by atoms with Gasteiger partial charge in [-0.1, -0.05) is 32.8 Å². The molecule has 0 saturated heterocycles. The van der Waals surface area contributed by atoms with Gasteiger partial charge in [0.15, 0.2) is 0 Å². The van der Waals surface area contributed by atoms with Crippen LogP contribution in [0.3, 0.4) is 0 Å². The van der Waals surface area contributed by atoms with Crippen molar-refractivity contribution in [1.82, 2.24) is 5.32 Å². The minimum absolute atomic E-state index is 0. The van der Waals surface area contributed by atoms with E-state index < -0.39 is 0 Å². The second-order valence-electron chi connectivity index (χ2n) is 6.44. The standard InChI is InChI=1S/C18H27N3O2.ClH/c1-3-4-7-15(11-19)21-17(22)13-6-5-8-14(10-13)20-18(23)16-9-12(16)2;/h5-6,8,10,12,15-16H,3-4,7,9,11,19H2,1-2H3,(H,20,23)(H,21,22);1H. The second-order valence-corrected chi connectivity index (χ2v) is 6.44. The molecule has 1 saturated carbocycles. The van der Waals surface area contributed by atoms with E-state index in [1.54, 1.807) is 24.3 Å². The molecule has 0 heterocycles. The van der Waals surface area contributed by atoms with Gasteiger partial charge in [-0.2, -0.15) is 0 Å². The first kappa shape index (κ1) is 20.5. The molecule has 1 aliphatic carbocycles. The molecular weight excluding hydrogens is 326 g/mol. The Bertz CT molecular complexity index is 565. The summed E-state index contributed by atoms with van der Waals surface area (Å²) < 4.78 is 0. The van der Waals surface area contributed by atoms with Gasteiger partial charge in [-0.3, -0.25) is 9.59 Å². The van der Waals surface area contributed by atoms with Gasteiger partial charge < -0.3 is 16.4 Å². The predicted octanol–water partition coefficient (Wildman–Crippen LogP) is 2.95. The van der Waals surface area contributed by atoms with Gasteiger partial charge in [0.05, 0.1) is 0 Å². The number of unbranched alkanes of at least 4 members (excludes halogenated alkanes) is 1. The molecule has 5 nitrogen and oxygen atoms in total. The number of nitrogens with one attached hydrogen (secondary N) is 2. The maximum atomic E-state index is 12.3. The summed E-state index contributed by atoms with van der Waals surface area (Å²) in [5.74, 6) is 0.471. The predicted molar refractivity (Wildman–Crippen MR) is 99.4 cm³/mol. The Morgan fingerprint density at radius 1 is 1.38 bits per heavy atom. The van der Waals surface area contributed by atoms with Crippen molar-refractivity contribution in [3.05, 3.63) is 29.8 Å². The molecule has 1 fully saturated rings. The van der Waals surface area contributed by atoms with Crippen LogP contribution in [0.25, 0.3) is 0 Å². The first-order valence-electron chi connectivity index (χ1n) is 8.47. The van der Waals surface area contributed by atoms with Gasteiger partial charge in [0.1, 0.15) is 0 Å². The molecule has 0 aliphatic heterocycles. The molecule has 0 spiro atoms. The number of amides is 2. The molecule has 0 bridgehead atoms. The number of carbonyl (C=O) groups excluding carboxylic acids is 2. The summed E-state index contributed by atoms with van der Waals surface area (Å²) in [6.45, 7) is 4.61. The molecule has 1 aromatic carbocycles. The highest BCUT2D eigenvalue weighted by Gasteiger charge is 2.39. The Kier molecular flexibility index (Phi) is 8.22. The fourth-order valence-corrected chi connectivity index (χ4v) is 2.63. The van der Waals surface area contributed by atoms with Crippen LogP contribution in [0.15, 0.2) is 24.3 Å². The summed E-state index contributed by atoms with van der Waals surface area (Å²) >= 11 is 0. The van der Waals surface area contributed by atoms with Crippen molar-refractivity contribution >= 4 is 29.9 Å². The Hall–Kier alpha value is -1.59. The third-order valence-electron chi connectivity index (χ3n) is 4.36. The van der Waals surface area contributed by atoms with Crippen molar-refractivity contribution in [1.29, 1.82) is 0 Å². The SMILES string of the molecule is CCCCC(CN)NC(=O)c1cccc(NC(=O)C2CC2C)c1.Cl. The monoisotopic (exact) mass is 353 g/mol. The van der Waals surface area contributed by atoms with E-state index in [1.807, 2.05) is 0 Å². The maximum absolute atomic E-state index is 12.3. The van der Waals surface area contributed by atoms with E-state index in [4.69, 9.17) is 5.73 Å². The van der Waals surface area contributed by atoms with Crippen LogP contribution in [0, 0.1) is 11.8 Å². The van der Waals surface area contributed by atoms with E-state index in [2.05, 4.69) is 24.5 Å². The zero-order valence-corrected chi connectivity index (χ0v) is 15.2. The largest absolute Gasteiger partial charge is 0.348 e. The lowest BCUT2D eigenvalue weighted by Gasteiger charge is -2.16. The second kappa shape index (κ2) is 9.64. The Morgan fingerprint density at radius 2 is 2.08 bits per heavy atom. The normalized spacial score (nSPS) is 19.8. The molecule has 0 aromatic heterocycles. The maximum Gasteiger partial charge on any atom is 0.251 e. The number of rotatable bonds is 8. The zero-order chi connectivity index (χ0) is 16.8. The highest BCUT2D eigenvalue weighted by atomic mass is 35.5. The van der Waals surface area contributed by atoms with E-state index in [0.29, 0.717) is 23.7 Å². The highest BCUT2D eigenvalue weighted by Crippen LogP contribution is 2.38. The molecule has 4 N–H and O–H groups in total. The molecule has 1 aliphatic rings. The van der Waals surface area contributed by atoms with Crippen LogP contribution in [0.2, 0.25) is 0 Å². The van der Waals surface area contributed by atoms with Gasteiger partial charge in [0, 0.05) is 29.8 Å². The van der Waals surface area contributed by atoms with E-state index in [1.165, 1.54) is 0 Å². The molecule has 1 aromatic rings. The topological polar surface area (TPSA) is 84.2 Å². The fourth-order valence-electron chi connectivity index (χ4n) is 2.63. The third-order valence-corrected chi connectivity index (χ3v) is 4.36. The van der Waals surface area contributed by atoms with Crippen LogP contribution in [0.1, 0.15) is 49.9 Å². The van der Waals surface area contributed by atoms with Crippen LogP contribution in [0.4, 0.5) is 5.69 Å². The third kappa shape index (κ3) is 5.80.